The standard InChI is InChI=1S/C41H77NO4/c1-3-5-7-9-11-13-15-17-19-21-23-25-27-29-31-33-37-42(39(41(45)46)35-36-40(43)44)38-34-32-30-28-26-24-22-20-18-16-14-12-10-8-6-4-2/h17-20,39H,3-16,21-38H2,1-2H3,(H,43,44)(H,45,46)/b19-17-,20-18-. The van der Waals surface area contributed by atoms with Crippen molar-refractivity contribution in [3.05, 3.63) is 24.3 Å². The highest BCUT2D eigenvalue weighted by Crippen LogP contribution is 2.16. The van der Waals surface area contributed by atoms with Crippen LogP contribution < -0.4 is 0 Å². The lowest BCUT2D eigenvalue weighted by atomic mass is 10.0. The molecular weight excluding hydrogens is 570 g/mol. The first-order valence-electron chi connectivity index (χ1n) is 20.0. The van der Waals surface area contributed by atoms with Crippen molar-refractivity contribution in [3.8, 4) is 0 Å². The lowest BCUT2D eigenvalue weighted by Crippen LogP contribution is -2.42. The van der Waals surface area contributed by atoms with Crippen molar-refractivity contribution in [2.75, 3.05) is 13.1 Å². The molecule has 2 N–H and O–H groups in total. The van der Waals surface area contributed by atoms with Crippen LogP contribution in [0.4, 0.5) is 0 Å². The number of carboxylic acids is 2. The lowest BCUT2D eigenvalue weighted by Gasteiger charge is -2.28. The maximum absolute atomic E-state index is 12.1. The summed E-state index contributed by atoms with van der Waals surface area (Å²) in [6, 6.07) is -0.692. The molecule has 0 saturated heterocycles. The molecule has 0 aromatic rings. The van der Waals surface area contributed by atoms with Gasteiger partial charge in [0.1, 0.15) is 6.04 Å². The predicted molar refractivity (Wildman–Crippen MR) is 199 cm³/mol. The summed E-state index contributed by atoms with van der Waals surface area (Å²) in [5.41, 5.74) is 0. The van der Waals surface area contributed by atoms with Gasteiger partial charge >= 0.3 is 11.9 Å². The SMILES string of the molecule is CCCCCCCC/C=C\CCCCCCCCN(CCCCCCCC/C=C\CCCCCCCC)C(CCC(=O)O)C(=O)O. The van der Waals surface area contributed by atoms with E-state index < -0.39 is 18.0 Å². The van der Waals surface area contributed by atoms with E-state index >= 15 is 0 Å². The molecule has 5 heteroatoms. The van der Waals surface area contributed by atoms with Crippen LogP contribution in [0.1, 0.15) is 206 Å². The number of rotatable bonds is 37. The largest absolute Gasteiger partial charge is 0.481 e. The van der Waals surface area contributed by atoms with Gasteiger partial charge in [0, 0.05) is 6.42 Å². The van der Waals surface area contributed by atoms with Gasteiger partial charge in [0.15, 0.2) is 0 Å². The van der Waals surface area contributed by atoms with E-state index in [1.165, 1.54) is 154 Å². The second kappa shape index (κ2) is 36.2. The van der Waals surface area contributed by atoms with E-state index in [1.807, 2.05) is 0 Å². The molecule has 0 aliphatic carbocycles. The zero-order chi connectivity index (χ0) is 33.8. The lowest BCUT2D eigenvalue weighted by molar-refractivity contribution is -0.144. The molecule has 1 atom stereocenters. The molecule has 5 nitrogen and oxygen atoms in total. The van der Waals surface area contributed by atoms with Gasteiger partial charge in [-0.25, -0.2) is 0 Å². The van der Waals surface area contributed by atoms with Crippen LogP contribution in [0.15, 0.2) is 24.3 Å². The minimum atomic E-state index is -0.916. The van der Waals surface area contributed by atoms with E-state index in [-0.39, 0.29) is 12.8 Å². The highest BCUT2D eigenvalue weighted by molar-refractivity contribution is 5.75. The second-order valence-electron chi connectivity index (χ2n) is 13.7. The van der Waals surface area contributed by atoms with Crippen molar-refractivity contribution in [2.45, 2.75) is 213 Å². The summed E-state index contributed by atoms with van der Waals surface area (Å²) in [5, 5.41) is 19.0. The molecule has 0 aliphatic rings. The van der Waals surface area contributed by atoms with Crippen LogP contribution in [0.3, 0.4) is 0 Å². The molecule has 0 spiro atoms. The fourth-order valence-corrected chi connectivity index (χ4v) is 6.27. The number of carbonyl (C=O) groups is 2. The van der Waals surface area contributed by atoms with Crippen molar-refractivity contribution >= 4 is 11.9 Å². The molecule has 0 amide bonds. The van der Waals surface area contributed by atoms with Crippen LogP contribution in [0, 0.1) is 0 Å². The number of nitrogens with zero attached hydrogens (tertiary/aromatic N) is 1. The van der Waals surface area contributed by atoms with Gasteiger partial charge in [0.2, 0.25) is 0 Å². The average Bonchev–Trinajstić information content (AvgIpc) is 3.03. The van der Waals surface area contributed by atoms with Crippen molar-refractivity contribution in [2.24, 2.45) is 0 Å². The first-order chi connectivity index (χ1) is 22.5. The maximum atomic E-state index is 12.1. The molecule has 1 unspecified atom stereocenters. The van der Waals surface area contributed by atoms with E-state index in [1.54, 1.807) is 0 Å². The Morgan fingerprint density at radius 2 is 0.783 bits per heavy atom. The zero-order valence-corrected chi connectivity index (χ0v) is 30.7. The molecule has 0 aromatic carbocycles. The number of aliphatic carboxylic acids is 2. The topological polar surface area (TPSA) is 77.8 Å². The van der Waals surface area contributed by atoms with E-state index in [2.05, 4.69) is 43.1 Å². The molecule has 0 rings (SSSR count). The summed E-state index contributed by atoms with van der Waals surface area (Å²) in [6.07, 6.45) is 44.8. The summed E-state index contributed by atoms with van der Waals surface area (Å²) >= 11 is 0. The first kappa shape index (κ1) is 44.4. The summed E-state index contributed by atoms with van der Waals surface area (Å²) < 4.78 is 0. The normalized spacial score (nSPS) is 12.6. The maximum Gasteiger partial charge on any atom is 0.320 e. The molecule has 270 valence electrons. The molecule has 0 aliphatic heterocycles. The van der Waals surface area contributed by atoms with Crippen LogP contribution in [0.25, 0.3) is 0 Å². The van der Waals surface area contributed by atoms with Crippen LogP contribution >= 0.6 is 0 Å². The predicted octanol–water partition coefficient (Wildman–Crippen LogP) is 12.7. The summed E-state index contributed by atoms with van der Waals surface area (Å²) in [7, 11) is 0. The Bertz CT molecular complexity index is 677. The Morgan fingerprint density at radius 1 is 0.478 bits per heavy atom. The number of allylic oxidation sites excluding steroid dienone is 4. The molecule has 0 heterocycles. The van der Waals surface area contributed by atoms with E-state index in [9.17, 15) is 14.7 Å². The smallest absolute Gasteiger partial charge is 0.320 e. The Balaban J connectivity index is 4.09. The van der Waals surface area contributed by atoms with Gasteiger partial charge in [-0.3, -0.25) is 14.5 Å². The van der Waals surface area contributed by atoms with Crippen molar-refractivity contribution in [1.82, 2.24) is 4.90 Å². The molecule has 0 bridgehead atoms. The van der Waals surface area contributed by atoms with Crippen molar-refractivity contribution < 1.29 is 19.8 Å². The molecule has 46 heavy (non-hydrogen) atoms. The Labute approximate surface area is 286 Å². The van der Waals surface area contributed by atoms with Gasteiger partial charge in [-0.1, -0.05) is 154 Å². The number of hydrogen-bond acceptors (Lipinski definition) is 3. The van der Waals surface area contributed by atoms with Crippen LogP contribution in [0.2, 0.25) is 0 Å². The minimum absolute atomic E-state index is 0.0890. The van der Waals surface area contributed by atoms with Gasteiger partial charge in [-0.2, -0.15) is 0 Å². The highest BCUT2D eigenvalue weighted by Gasteiger charge is 2.25. The fraction of sp³-hybridized carbons (Fsp3) is 0.854. The van der Waals surface area contributed by atoms with Gasteiger partial charge in [0.05, 0.1) is 0 Å². The molecular formula is C41H77NO4. The van der Waals surface area contributed by atoms with E-state index in [4.69, 9.17) is 5.11 Å². The van der Waals surface area contributed by atoms with Crippen LogP contribution in [0.5, 0.6) is 0 Å². The monoisotopic (exact) mass is 648 g/mol. The Morgan fingerprint density at radius 3 is 1.09 bits per heavy atom. The van der Waals surface area contributed by atoms with Crippen LogP contribution in [-0.2, 0) is 9.59 Å². The molecule has 0 saturated carbocycles. The Kier molecular flexibility index (Phi) is 34.9. The quantitative estimate of drug-likeness (QED) is 0.0518. The zero-order valence-electron chi connectivity index (χ0n) is 30.7. The summed E-state index contributed by atoms with van der Waals surface area (Å²) in [6.45, 7) is 6.04. The van der Waals surface area contributed by atoms with Gasteiger partial charge in [-0.05, 0) is 83.7 Å². The Hall–Kier alpha value is -1.62. The molecule has 0 fully saturated rings. The third kappa shape index (κ3) is 32.3. The highest BCUT2D eigenvalue weighted by atomic mass is 16.4. The molecule has 0 radical (unpaired) electrons. The molecule has 0 aromatic heterocycles. The number of unbranched alkanes of at least 4 members (excludes halogenated alkanes) is 24. The van der Waals surface area contributed by atoms with Gasteiger partial charge in [-0.15, -0.1) is 0 Å². The van der Waals surface area contributed by atoms with Crippen molar-refractivity contribution in [1.29, 1.82) is 0 Å². The summed E-state index contributed by atoms with van der Waals surface area (Å²) in [5.74, 6) is -1.80. The van der Waals surface area contributed by atoms with Gasteiger partial charge in [0.25, 0.3) is 0 Å². The third-order valence-corrected chi connectivity index (χ3v) is 9.27. The third-order valence-electron chi connectivity index (χ3n) is 9.27. The first-order valence-corrected chi connectivity index (χ1v) is 20.0. The minimum Gasteiger partial charge on any atom is -0.481 e. The van der Waals surface area contributed by atoms with Crippen molar-refractivity contribution in [3.63, 3.8) is 0 Å². The number of hydrogen-bond donors (Lipinski definition) is 2. The second-order valence-corrected chi connectivity index (χ2v) is 13.7. The van der Waals surface area contributed by atoms with E-state index in [0.29, 0.717) is 0 Å². The van der Waals surface area contributed by atoms with Crippen LogP contribution in [-0.4, -0.2) is 46.2 Å². The van der Waals surface area contributed by atoms with Gasteiger partial charge < -0.3 is 10.2 Å². The number of carboxylic acid groups (broad SMARTS) is 2. The average molecular weight is 648 g/mol. The summed E-state index contributed by atoms with van der Waals surface area (Å²) in [4.78, 5) is 25.3. The van der Waals surface area contributed by atoms with E-state index in [0.717, 1.165) is 38.8 Å². The fourth-order valence-electron chi connectivity index (χ4n) is 6.27.